The molecule has 1 aliphatic heterocycles. The van der Waals surface area contributed by atoms with Crippen LogP contribution >= 0.6 is 0 Å². The van der Waals surface area contributed by atoms with E-state index in [0.717, 1.165) is 19.5 Å². The van der Waals surface area contributed by atoms with Crippen LogP contribution in [0.15, 0.2) is 24.3 Å². The SMILES string of the molecule is Cc1ccccc1CNC(=O)C1CNCC(C)C1. The number of nitrogens with one attached hydrogen (secondary N) is 2. The molecule has 1 aromatic rings. The van der Waals surface area contributed by atoms with E-state index in [2.05, 4.69) is 36.6 Å². The zero-order valence-electron chi connectivity index (χ0n) is 11.2. The molecule has 2 atom stereocenters. The zero-order chi connectivity index (χ0) is 13.0. The van der Waals surface area contributed by atoms with E-state index < -0.39 is 0 Å². The van der Waals surface area contributed by atoms with E-state index in [1.807, 2.05) is 12.1 Å². The first-order chi connectivity index (χ1) is 8.66. The van der Waals surface area contributed by atoms with Gasteiger partial charge in [-0.15, -0.1) is 0 Å². The molecule has 0 saturated carbocycles. The summed E-state index contributed by atoms with van der Waals surface area (Å²) in [5, 5.41) is 6.37. The standard InChI is InChI=1S/C15H22N2O/c1-11-7-14(9-16-8-11)15(18)17-10-13-6-4-3-5-12(13)2/h3-6,11,14,16H,7-10H2,1-2H3,(H,17,18). The summed E-state index contributed by atoms with van der Waals surface area (Å²) >= 11 is 0. The first-order valence-corrected chi connectivity index (χ1v) is 6.69. The summed E-state index contributed by atoms with van der Waals surface area (Å²) in [6.45, 7) is 6.74. The Kier molecular flexibility index (Phi) is 4.37. The average Bonchev–Trinajstić information content (AvgIpc) is 2.37. The highest BCUT2D eigenvalue weighted by Gasteiger charge is 2.24. The van der Waals surface area contributed by atoms with Crippen LogP contribution in [0.5, 0.6) is 0 Å². The molecule has 0 bridgehead atoms. The summed E-state index contributed by atoms with van der Waals surface area (Å²) in [6.07, 6.45) is 0.993. The second kappa shape index (κ2) is 6.01. The van der Waals surface area contributed by atoms with Crippen LogP contribution in [0.4, 0.5) is 0 Å². The number of rotatable bonds is 3. The number of carbonyl (C=O) groups excluding carboxylic acids is 1. The monoisotopic (exact) mass is 246 g/mol. The maximum absolute atomic E-state index is 12.1. The van der Waals surface area contributed by atoms with Crippen molar-refractivity contribution in [3.63, 3.8) is 0 Å². The van der Waals surface area contributed by atoms with Gasteiger partial charge in [-0.05, 0) is 36.9 Å². The first kappa shape index (κ1) is 13.1. The van der Waals surface area contributed by atoms with Crippen molar-refractivity contribution in [2.75, 3.05) is 13.1 Å². The highest BCUT2D eigenvalue weighted by Crippen LogP contribution is 2.16. The van der Waals surface area contributed by atoms with Crippen molar-refractivity contribution >= 4 is 5.91 Å². The number of hydrogen-bond donors (Lipinski definition) is 2. The van der Waals surface area contributed by atoms with E-state index in [-0.39, 0.29) is 11.8 Å². The van der Waals surface area contributed by atoms with Gasteiger partial charge >= 0.3 is 0 Å². The van der Waals surface area contributed by atoms with Crippen LogP contribution < -0.4 is 10.6 Å². The molecule has 3 nitrogen and oxygen atoms in total. The van der Waals surface area contributed by atoms with Gasteiger partial charge in [0.05, 0.1) is 5.92 Å². The fourth-order valence-corrected chi connectivity index (χ4v) is 2.49. The summed E-state index contributed by atoms with van der Waals surface area (Å²) < 4.78 is 0. The predicted molar refractivity (Wildman–Crippen MR) is 73.2 cm³/mol. The van der Waals surface area contributed by atoms with Gasteiger partial charge in [0.2, 0.25) is 5.91 Å². The van der Waals surface area contributed by atoms with Gasteiger partial charge in [-0.1, -0.05) is 31.2 Å². The molecule has 0 aliphatic carbocycles. The van der Waals surface area contributed by atoms with Crippen LogP contribution in [0.3, 0.4) is 0 Å². The summed E-state index contributed by atoms with van der Waals surface area (Å²) in [5.74, 6) is 0.892. The van der Waals surface area contributed by atoms with Crippen LogP contribution in [-0.4, -0.2) is 19.0 Å². The van der Waals surface area contributed by atoms with Crippen LogP contribution in [-0.2, 0) is 11.3 Å². The van der Waals surface area contributed by atoms with Crippen LogP contribution in [0.2, 0.25) is 0 Å². The smallest absolute Gasteiger partial charge is 0.224 e. The number of aryl methyl sites for hydroxylation is 1. The van der Waals surface area contributed by atoms with Crippen LogP contribution in [0.1, 0.15) is 24.5 Å². The van der Waals surface area contributed by atoms with Crippen molar-refractivity contribution in [2.45, 2.75) is 26.8 Å². The average molecular weight is 246 g/mol. The van der Waals surface area contributed by atoms with E-state index >= 15 is 0 Å². The Labute approximate surface area is 109 Å². The maximum Gasteiger partial charge on any atom is 0.224 e. The van der Waals surface area contributed by atoms with E-state index in [1.54, 1.807) is 0 Å². The molecule has 2 unspecified atom stereocenters. The highest BCUT2D eigenvalue weighted by atomic mass is 16.1. The van der Waals surface area contributed by atoms with Crippen molar-refractivity contribution in [1.29, 1.82) is 0 Å². The number of hydrogen-bond acceptors (Lipinski definition) is 2. The second-order valence-electron chi connectivity index (χ2n) is 5.34. The van der Waals surface area contributed by atoms with E-state index in [0.29, 0.717) is 12.5 Å². The van der Waals surface area contributed by atoms with Crippen molar-refractivity contribution in [3.05, 3.63) is 35.4 Å². The lowest BCUT2D eigenvalue weighted by Crippen LogP contribution is -2.43. The molecule has 1 saturated heterocycles. The number of benzene rings is 1. The fourth-order valence-electron chi connectivity index (χ4n) is 2.49. The fraction of sp³-hybridized carbons (Fsp3) is 0.533. The first-order valence-electron chi connectivity index (χ1n) is 6.69. The molecule has 3 heteroatoms. The van der Waals surface area contributed by atoms with Gasteiger partial charge in [-0.25, -0.2) is 0 Å². The maximum atomic E-state index is 12.1. The molecule has 1 amide bonds. The molecule has 2 rings (SSSR count). The number of amides is 1. The van der Waals surface area contributed by atoms with Gasteiger partial charge in [0.15, 0.2) is 0 Å². The molecule has 0 spiro atoms. The van der Waals surface area contributed by atoms with Gasteiger partial charge in [0.25, 0.3) is 0 Å². The molecule has 1 fully saturated rings. The predicted octanol–water partition coefficient (Wildman–Crippen LogP) is 1.86. The van der Waals surface area contributed by atoms with Gasteiger partial charge in [-0.3, -0.25) is 4.79 Å². The van der Waals surface area contributed by atoms with Crippen molar-refractivity contribution < 1.29 is 4.79 Å². The van der Waals surface area contributed by atoms with Crippen molar-refractivity contribution in [1.82, 2.24) is 10.6 Å². The lowest BCUT2D eigenvalue weighted by Gasteiger charge is -2.26. The minimum absolute atomic E-state index is 0.123. The van der Waals surface area contributed by atoms with E-state index in [4.69, 9.17) is 0 Å². The molecule has 18 heavy (non-hydrogen) atoms. The molecule has 2 N–H and O–H groups in total. The largest absolute Gasteiger partial charge is 0.352 e. The Balaban J connectivity index is 1.86. The molecule has 1 heterocycles. The Morgan fingerprint density at radius 2 is 2.17 bits per heavy atom. The van der Waals surface area contributed by atoms with E-state index in [9.17, 15) is 4.79 Å². The van der Waals surface area contributed by atoms with Crippen LogP contribution in [0, 0.1) is 18.8 Å². The Hall–Kier alpha value is -1.35. The quantitative estimate of drug-likeness (QED) is 0.854. The molecule has 1 aliphatic rings. The van der Waals surface area contributed by atoms with Crippen molar-refractivity contribution in [3.8, 4) is 0 Å². The minimum Gasteiger partial charge on any atom is -0.352 e. The normalized spacial score (nSPS) is 23.7. The molecular weight excluding hydrogens is 224 g/mol. The number of piperidine rings is 1. The Morgan fingerprint density at radius 1 is 1.39 bits per heavy atom. The molecule has 0 aromatic heterocycles. The minimum atomic E-state index is 0.123. The third-order valence-corrected chi connectivity index (χ3v) is 3.66. The van der Waals surface area contributed by atoms with Crippen molar-refractivity contribution in [2.24, 2.45) is 11.8 Å². The Bertz CT molecular complexity index is 417. The van der Waals surface area contributed by atoms with Crippen LogP contribution in [0.25, 0.3) is 0 Å². The molecular formula is C15H22N2O. The molecule has 0 radical (unpaired) electrons. The third-order valence-electron chi connectivity index (χ3n) is 3.66. The van der Waals surface area contributed by atoms with Gasteiger partial charge in [-0.2, -0.15) is 0 Å². The summed E-state index contributed by atoms with van der Waals surface area (Å²) in [5.41, 5.74) is 2.43. The summed E-state index contributed by atoms with van der Waals surface area (Å²) in [4.78, 5) is 12.1. The topological polar surface area (TPSA) is 41.1 Å². The van der Waals surface area contributed by atoms with Gasteiger partial charge in [0, 0.05) is 13.1 Å². The third kappa shape index (κ3) is 3.33. The van der Waals surface area contributed by atoms with E-state index in [1.165, 1.54) is 11.1 Å². The molecule has 98 valence electrons. The van der Waals surface area contributed by atoms with Gasteiger partial charge < -0.3 is 10.6 Å². The summed E-state index contributed by atoms with van der Waals surface area (Å²) in [6, 6.07) is 8.18. The number of carbonyl (C=O) groups is 1. The summed E-state index contributed by atoms with van der Waals surface area (Å²) in [7, 11) is 0. The highest BCUT2D eigenvalue weighted by molar-refractivity contribution is 5.79. The zero-order valence-corrected chi connectivity index (χ0v) is 11.2. The van der Waals surface area contributed by atoms with Gasteiger partial charge in [0.1, 0.15) is 0 Å². The second-order valence-corrected chi connectivity index (χ2v) is 5.34. The lowest BCUT2D eigenvalue weighted by atomic mass is 9.91. The Morgan fingerprint density at radius 3 is 2.89 bits per heavy atom. The molecule has 1 aromatic carbocycles. The lowest BCUT2D eigenvalue weighted by molar-refractivity contribution is -0.126.